The minimum Gasteiger partial charge on any atom is -1.00 e. The molecule has 0 saturated heterocycles. The number of anilines is 1. The van der Waals surface area contributed by atoms with Crippen molar-refractivity contribution in [3.8, 4) is 0 Å². The van der Waals surface area contributed by atoms with Crippen LogP contribution in [-0.2, 0) is 30.0 Å². The molecule has 1 atom stereocenters. The van der Waals surface area contributed by atoms with Gasteiger partial charge in [0.05, 0.1) is 16.9 Å². The summed E-state index contributed by atoms with van der Waals surface area (Å²) in [5.74, 6) is -2.20. The van der Waals surface area contributed by atoms with Crippen LogP contribution in [0.25, 0.3) is 0 Å². The fourth-order valence-electron chi connectivity index (χ4n) is 2.29. The molecule has 0 fully saturated rings. The van der Waals surface area contributed by atoms with E-state index in [-0.39, 0.29) is 31.0 Å². The monoisotopic (exact) mass is 323 g/mol. The smallest absolute Gasteiger partial charge is 1.00 e. The van der Waals surface area contributed by atoms with Crippen LogP contribution in [-0.4, -0.2) is 30.6 Å². The van der Waals surface area contributed by atoms with Gasteiger partial charge in [-0.05, 0) is 18.6 Å². The van der Waals surface area contributed by atoms with Gasteiger partial charge in [0, 0.05) is 6.92 Å². The Morgan fingerprint density at radius 1 is 1.43 bits per heavy atom. The van der Waals surface area contributed by atoms with E-state index in [0.29, 0.717) is 11.3 Å². The van der Waals surface area contributed by atoms with Gasteiger partial charge in [0.15, 0.2) is 0 Å². The van der Waals surface area contributed by atoms with Crippen molar-refractivity contribution in [2.24, 2.45) is 0 Å². The molecule has 1 aliphatic heterocycles. The van der Waals surface area contributed by atoms with E-state index in [2.05, 4.69) is 0 Å². The molecule has 7 nitrogen and oxygen atoms in total. The largest absolute Gasteiger partial charge is 1.00 e. The number of carbonyl (C=O) groups is 2. The first kappa shape index (κ1) is 18.1. The summed E-state index contributed by atoms with van der Waals surface area (Å²) >= 11 is 0. The molecule has 1 heterocycles. The molecule has 0 radical (unpaired) electrons. The van der Waals surface area contributed by atoms with Crippen molar-refractivity contribution in [1.29, 1.82) is 0 Å². The quantitative estimate of drug-likeness (QED) is 0.499. The van der Waals surface area contributed by atoms with Gasteiger partial charge in [0.25, 0.3) is 16.0 Å². The van der Waals surface area contributed by atoms with Gasteiger partial charge < -0.3 is 6.26 Å². The number of benzene rings is 1. The van der Waals surface area contributed by atoms with Crippen molar-refractivity contribution in [2.45, 2.75) is 19.3 Å². The van der Waals surface area contributed by atoms with Gasteiger partial charge in [-0.15, -0.1) is 5.06 Å². The molecular formula is C12H14NNaO6S. The fraction of sp³-hybridized carbons (Fsp3) is 0.333. The zero-order valence-corrected chi connectivity index (χ0v) is 14.7. The summed E-state index contributed by atoms with van der Waals surface area (Å²) in [6, 6.07) is 6.35. The number of amides is 1. The molecule has 9 heteroatoms. The predicted octanol–water partition coefficient (Wildman–Crippen LogP) is -2.23. The SMILES string of the molecule is CC(=O)ON1C(=O)C(C)(CS(=O)(=O)O)c2ccccc21.[H-].[Na+]. The maximum Gasteiger partial charge on any atom is 1.00 e. The van der Waals surface area contributed by atoms with Gasteiger partial charge in [-0.1, -0.05) is 18.2 Å². The Kier molecular flexibility index (Phi) is 5.22. The summed E-state index contributed by atoms with van der Waals surface area (Å²) in [6.07, 6.45) is 0. The second kappa shape index (κ2) is 6.05. The van der Waals surface area contributed by atoms with E-state index in [4.69, 9.17) is 9.39 Å². The number of fused-ring (bicyclic) bond motifs is 1. The van der Waals surface area contributed by atoms with E-state index < -0.39 is 33.2 Å². The van der Waals surface area contributed by atoms with E-state index in [1.165, 1.54) is 13.0 Å². The molecule has 1 unspecified atom stereocenters. The number of hydroxylamine groups is 1. The summed E-state index contributed by atoms with van der Waals surface area (Å²) in [5, 5.41) is 0.767. The van der Waals surface area contributed by atoms with Crippen molar-refractivity contribution in [2.75, 3.05) is 10.8 Å². The number of nitrogens with zero attached hydrogens (tertiary/aromatic N) is 1. The first-order chi connectivity index (χ1) is 9.15. The number of hydrogen-bond donors (Lipinski definition) is 1. The molecule has 0 saturated carbocycles. The fourth-order valence-corrected chi connectivity index (χ4v) is 3.30. The van der Waals surface area contributed by atoms with Crippen molar-refractivity contribution >= 4 is 27.7 Å². The molecule has 1 N–H and O–H groups in total. The van der Waals surface area contributed by atoms with Crippen LogP contribution in [0.3, 0.4) is 0 Å². The Morgan fingerprint density at radius 3 is 2.52 bits per heavy atom. The van der Waals surface area contributed by atoms with Crippen molar-refractivity contribution < 1.29 is 58.4 Å². The van der Waals surface area contributed by atoms with Gasteiger partial charge in [0.2, 0.25) is 0 Å². The molecule has 21 heavy (non-hydrogen) atoms. The normalized spacial score (nSPS) is 20.7. The van der Waals surface area contributed by atoms with Crippen molar-refractivity contribution in [1.82, 2.24) is 0 Å². The minimum absolute atomic E-state index is 0. The molecule has 1 aromatic rings. The van der Waals surface area contributed by atoms with Crippen molar-refractivity contribution in [3.05, 3.63) is 29.8 Å². The molecule has 110 valence electrons. The van der Waals surface area contributed by atoms with Crippen molar-refractivity contribution in [3.63, 3.8) is 0 Å². The Bertz CT molecular complexity index is 695. The zero-order valence-electron chi connectivity index (χ0n) is 12.9. The molecule has 0 aromatic heterocycles. The van der Waals surface area contributed by atoms with Gasteiger partial charge in [-0.3, -0.25) is 9.35 Å². The first-order valence-electron chi connectivity index (χ1n) is 5.73. The van der Waals surface area contributed by atoms with Crippen LogP contribution in [0.15, 0.2) is 24.3 Å². The van der Waals surface area contributed by atoms with Crippen LogP contribution in [0.2, 0.25) is 0 Å². The number of hydrogen-bond acceptors (Lipinski definition) is 5. The maximum absolute atomic E-state index is 12.4. The second-order valence-corrected chi connectivity index (χ2v) is 6.21. The van der Waals surface area contributed by atoms with E-state index in [1.807, 2.05) is 0 Å². The average Bonchev–Trinajstić information content (AvgIpc) is 2.50. The summed E-state index contributed by atoms with van der Waals surface area (Å²) in [5.41, 5.74) is -0.831. The Morgan fingerprint density at radius 2 is 2.00 bits per heavy atom. The predicted molar refractivity (Wildman–Crippen MR) is 70.6 cm³/mol. The number of para-hydroxylation sites is 1. The van der Waals surface area contributed by atoms with Crippen LogP contribution in [0.4, 0.5) is 5.69 Å². The molecule has 1 aromatic carbocycles. The molecule has 0 spiro atoms. The Hall–Kier alpha value is -0.930. The summed E-state index contributed by atoms with van der Waals surface area (Å²) in [4.78, 5) is 28.3. The average molecular weight is 323 g/mol. The van der Waals surface area contributed by atoms with Crippen LogP contribution in [0, 0.1) is 0 Å². The molecule has 0 bridgehead atoms. The third-order valence-electron chi connectivity index (χ3n) is 3.06. The summed E-state index contributed by atoms with van der Waals surface area (Å²) in [6.45, 7) is 2.51. The maximum atomic E-state index is 12.4. The van der Waals surface area contributed by atoms with Gasteiger partial charge in [-0.2, -0.15) is 8.42 Å². The van der Waals surface area contributed by atoms with Crippen LogP contribution in [0.1, 0.15) is 20.8 Å². The topological polar surface area (TPSA) is 101 Å². The first-order valence-corrected chi connectivity index (χ1v) is 7.34. The van der Waals surface area contributed by atoms with Crippen LogP contribution < -0.4 is 34.6 Å². The minimum atomic E-state index is -4.38. The van der Waals surface area contributed by atoms with Gasteiger partial charge in [-0.25, -0.2) is 4.79 Å². The Labute approximate surface area is 145 Å². The molecule has 1 amide bonds. The number of carbonyl (C=O) groups excluding carboxylic acids is 2. The number of rotatable bonds is 3. The standard InChI is InChI=1S/C12H13NO6S.Na.H/c1-8(14)19-13-10-6-4-3-5-9(10)12(2,11(13)15)7-20(16,17)18;;/h3-6H,7H2,1-2H3,(H,16,17,18);;/q;+1;-1. The Balaban J connectivity index is 0.00000220. The van der Waals surface area contributed by atoms with E-state index in [9.17, 15) is 18.0 Å². The van der Waals surface area contributed by atoms with E-state index in [1.54, 1.807) is 18.2 Å². The summed E-state index contributed by atoms with van der Waals surface area (Å²) < 4.78 is 31.4. The zero-order chi connectivity index (χ0) is 15.1. The summed E-state index contributed by atoms with van der Waals surface area (Å²) in [7, 11) is -4.38. The van der Waals surface area contributed by atoms with E-state index in [0.717, 1.165) is 12.0 Å². The van der Waals surface area contributed by atoms with Crippen LogP contribution in [0.5, 0.6) is 0 Å². The third kappa shape index (κ3) is 3.46. The molecule has 2 rings (SSSR count). The van der Waals surface area contributed by atoms with Crippen LogP contribution >= 0.6 is 0 Å². The molecule has 1 aliphatic rings. The van der Waals surface area contributed by atoms with Gasteiger partial charge in [0.1, 0.15) is 0 Å². The third-order valence-corrected chi connectivity index (χ3v) is 4.01. The van der Waals surface area contributed by atoms with Gasteiger partial charge >= 0.3 is 35.5 Å². The molecular weight excluding hydrogens is 309 g/mol. The second-order valence-electron chi connectivity index (χ2n) is 4.76. The molecule has 0 aliphatic carbocycles. The van der Waals surface area contributed by atoms with E-state index >= 15 is 0 Å².